The summed E-state index contributed by atoms with van der Waals surface area (Å²) in [6, 6.07) is 18.1. The van der Waals surface area contributed by atoms with Crippen LogP contribution in [0.2, 0.25) is 0 Å². The molecule has 0 unspecified atom stereocenters. The maximum Gasteiger partial charge on any atom is 0.120 e. The van der Waals surface area contributed by atoms with Crippen molar-refractivity contribution in [2.45, 2.75) is 38.3 Å². The van der Waals surface area contributed by atoms with Crippen LogP contribution in [-0.4, -0.2) is 5.11 Å². The van der Waals surface area contributed by atoms with Crippen LogP contribution in [0.5, 0.6) is 5.75 Å². The Morgan fingerprint density at radius 2 is 1.77 bits per heavy atom. The van der Waals surface area contributed by atoms with E-state index >= 15 is 0 Å². The van der Waals surface area contributed by atoms with Gasteiger partial charge in [0.25, 0.3) is 0 Å². The second-order valence-electron chi connectivity index (χ2n) is 5.72. The first kappa shape index (κ1) is 16.3. The SMILES string of the molecule is C=CC[C@](CC)(N[C@H](C)c1ccccc1)c1ccccc1O. The maximum atomic E-state index is 10.3. The van der Waals surface area contributed by atoms with Gasteiger partial charge in [-0.3, -0.25) is 0 Å². The molecule has 0 radical (unpaired) electrons. The van der Waals surface area contributed by atoms with Crippen molar-refractivity contribution in [3.63, 3.8) is 0 Å². The molecule has 0 amide bonds. The van der Waals surface area contributed by atoms with Gasteiger partial charge < -0.3 is 10.4 Å². The summed E-state index contributed by atoms with van der Waals surface area (Å²) in [5.41, 5.74) is 1.85. The molecule has 0 aliphatic heterocycles. The third-order valence-corrected chi connectivity index (χ3v) is 4.31. The normalized spacial score (nSPS) is 15.0. The number of phenolic OH excluding ortho intramolecular Hbond substituents is 1. The molecule has 0 heterocycles. The van der Waals surface area contributed by atoms with Crippen LogP contribution in [0.4, 0.5) is 0 Å². The van der Waals surface area contributed by atoms with E-state index < -0.39 is 0 Å². The number of phenols is 1. The zero-order valence-electron chi connectivity index (χ0n) is 13.4. The zero-order valence-corrected chi connectivity index (χ0v) is 13.4. The summed E-state index contributed by atoms with van der Waals surface area (Å²) in [4.78, 5) is 0. The van der Waals surface area contributed by atoms with Gasteiger partial charge in [-0.15, -0.1) is 6.58 Å². The van der Waals surface area contributed by atoms with Crippen molar-refractivity contribution in [2.24, 2.45) is 0 Å². The summed E-state index contributed by atoms with van der Waals surface area (Å²) in [7, 11) is 0. The average molecular weight is 295 g/mol. The van der Waals surface area contributed by atoms with Gasteiger partial charge >= 0.3 is 0 Å². The molecule has 2 atom stereocenters. The predicted octanol–water partition coefficient (Wildman–Crippen LogP) is 4.92. The van der Waals surface area contributed by atoms with Crippen molar-refractivity contribution >= 4 is 0 Å². The molecule has 2 nitrogen and oxygen atoms in total. The Bertz CT molecular complexity index is 608. The average Bonchev–Trinajstić information content (AvgIpc) is 2.55. The summed E-state index contributed by atoms with van der Waals surface area (Å²) in [6.45, 7) is 8.20. The first-order valence-electron chi connectivity index (χ1n) is 7.85. The molecule has 0 aromatic heterocycles. The summed E-state index contributed by atoms with van der Waals surface area (Å²) in [5.74, 6) is 0.332. The van der Waals surface area contributed by atoms with Gasteiger partial charge in [-0.2, -0.15) is 0 Å². The summed E-state index contributed by atoms with van der Waals surface area (Å²) in [5, 5.41) is 14.0. The fraction of sp³-hybridized carbons (Fsp3) is 0.300. The van der Waals surface area contributed by atoms with Crippen molar-refractivity contribution in [3.05, 3.63) is 78.4 Å². The Kier molecular flexibility index (Phi) is 5.40. The molecule has 0 fully saturated rings. The lowest BCUT2D eigenvalue weighted by atomic mass is 9.82. The Hall–Kier alpha value is -2.06. The van der Waals surface area contributed by atoms with E-state index in [0.29, 0.717) is 5.75 Å². The lowest BCUT2D eigenvalue weighted by Gasteiger charge is -2.37. The Morgan fingerprint density at radius 1 is 1.14 bits per heavy atom. The highest BCUT2D eigenvalue weighted by Gasteiger charge is 2.32. The Labute approximate surface area is 133 Å². The summed E-state index contributed by atoms with van der Waals surface area (Å²) in [6.07, 6.45) is 3.55. The van der Waals surface area contributed by atoms with Crippen LogP contribution in [0, 0.1) is 0 Å². The lowest BCUT2D eigenvalue weighted by molar-refractivity contribution is 0.279. The van der Waals surface area contributed by atoms with E-state index in [4.69, 9.17) is 0 Å². The second kappa shape index (κ2) is 7.28. The van der Waals surface area contributed by atoms with Gasteiger partial charge in [0, 0.05) is 11.6 Å². The van der Waals surface area contributed by atoms with Crippen LogP contribution in [0.3, 0.4) is 0 Å². The molecular formula is C20H25NO. The quantitative estimate of drug-likeness (QED) is 0.710. The van der Waals surface area contributed by atoms with Crippen molar-refractivity contribution < 1.29 is 5.11 Å². The lowest BCUT2D eigenvalue weighted by Crippen LogP contribution is -2.43. The van der Waals surface area contributed by atoms with Crippen LogP contribution in [0.25, 0.3) is 0 Å². The first-order chi connectivity index (χ1) is 10.6. The van der Waals surface area contributed by atoms with Gasteiger partial charge in [-0.25, -0.2) is 0 Å². The van der Waals surface area contributed by atoms with E-state index in [-0.39, 0.29) is 11.6 Å². The van der Waals surface area contributed by atoms with Gasteiger partial charge in [0.2, 0.25) is 0 Å². The van der Waals surface area contributed by atoms with E-state index in [2.05, 4.69) is 50.0 Å². The predicted molar refractivity (Wildman–Crippen MR) is 92.9 cm³/mol. The van der Waals surface area contributed by atoms with Crippen LogP contribution < -0.4 is 5.32 Å². The second-order valence-corrected chi connectivity index (χ2v) is 5.72. The van der Waals surface area contributed by atoms with Crippen molar-refractivity contribution in [1.29, 1.82) is 0 Å². The fourth-order valence-electron chi connectivity index (χ4n) is 3.05. The third kappa shape index (κ3) is 3.40. The molecule has 2 rings (SSSR count). The number of benzene rings is 2. The fourth-order valence-corrected chi connectivity index (χ4v) is 3.05. The van der Waals surface area contributed by atoms with E-state index in [0.717, 1.165) is 18.4 Å². The minimum atomic E-state index is -0.317. The molecule has 0 aliphatic rings. The van der Waals surface area contributed by atoms with E-state index in [1.807, 2.05) is 30.3 Å². The van der Waals surface area contributed by atoms with Gasteiger partial charge in [0.1, 0.15) is 5.75 Å². The molecular weight excluding hydrogens is 270 g/mol. The van der Waals surface area contributed by atoms with Crippen LogP contribution >= 0.6 is 0 Å². The van der Waals surface area contributed by atoms with Gasteiger partial charge in [0.15, 0.2) is 0 Å². The molecule has 0 spiro atoms. The number of para-hydroxylation sites is 1. The largest absolute Gasteiger partial charge is 0.508 e. The molecule has 2 aromatic rings. The van der Waals surface area contributed by atoms with Crippen molar-refractivity contribution in [3.8, 4) is 5.75 Å². The van der Waals surface area contributed by atoms with E-state index in [1.165, 1.54) is 5.56 Å². The van der Waals surface area contributed by atoms with E-state index in [9.17, 15) is 5.11 Å². The van der Waals surface area contributed by atoms with Crippen LogP contribution in [0.15, 0.2) is 67.3 Å². The topological polar surface area (TPSA) is 32.3 Å². The highest BCUT2D eigenvalue weighted by Crippen LogP contribution is 2.37. The molecule has 0 saturated heterocycles. The number of rotatable bonds is 7. The molecule has 2 N–H and O–H groups in total. The molecule has 116 valence electrons. The minimum absolute atomic E-state index is 0.181. The highest BCUT2D eigenvalue weighted by atomic mass is 16.3. The number of hydrogen-bond donors (Lipinski definition) is 2. The molecule has 0 saturated carbocycles. The summed E-state index contributed by atoms with van der Waals surface area (Å²) >= 11 is 0. The standard InChI is InChI=1S/C20H25NO/c1-4-15-20(5-2,18-13-9-10-14-19(18)22)21-16(3)17-11-7-6-8-12-17/h4,6-14,16,21-22H,1,5,15H2,2-3H3/t16-,20+/m1/s1. The molecule has 0 aliphatic carbocycles. The smallest absolute Gasteiger partial charge is 0.120 e. The van der Waals surface area contributed by atoms with Crippen molar-refractivity contribution in [2.75, 3.05) is 0 Å². The highest BCUT2D eigenvalue weighted by molar-refractivity contribution is 5.39. The van der Waals surface area contributed by atoms with Gasteiger partial charge in [-0.05, 0) is 31.4 Å². The monoisotopic (exact) mass is 295 g/mol. The molecule has 22 heavy (non-hydrogen) atoms. The third-order valence-electron chi connectivity index (χ3n) is 4.31. The number of hydrogen-bond acceptors (Lipinski definition) is 2. The van der Waals surface area contributed by atoms with Crippen LogP contribution in [0.1, 0.15) is 43.9 Å². The maximum absolute atomic E-state index is 10.3. The Balaban J connectivity index is 2.38. The molecule has 0 bridgehead atoms. The van der Waals surface area contributed by atoms with Crippen LogP contribution in [-0.2, 0) is 5.54 Å². The van der Waals surface area contributed by atoms with Crippen molar-refractivity contribution in [1.82, 2.24) is 5.32 Å². The molecule has 2 aromatic carbocycles. The minimum Gasteiger partial charge on any atom is -0.508 e. The summed E-state index contributed by atoms with van der Waals surface area (Å²) < 4.78 is 0. The number of nitrogens with one attached hydrogen (secondary N) is 1. The van der Waals surface area contributed by atoms with E-state index in [1.54, 1.807) is 6.07 Å². The molecule has 2 heteroatoms. The van der Waals surface area contributed by atoms with Gasteiger partial charge in [-0.1, -0.05) is 61.5 Å². The first-order valence-corrected chi connectivity index (χ1v) is 7.85. The zero-order chi connectivity index (χ0) is 16.0. The Morgan fingerprint density at radius 3 is 2.36 bits per heavy atom. The van der Waals surface area contributed by atoms with Gasteiger partial charge in [0.05, 0.1) is 5.54 Å². The number of aromatic hydroxyl groups is 1.